The molecule has 0 saturated carbocycles. The van der Waals surface area contributed by atoms with E-state index in [0.29, 0.717) is 11.3 Å². The largest absolute Gasteiger partial charge is 0.467 e. The minimum Gasteiger partial charge on any atom is -0.467 e. The number of halogens is 3. The van der Waals surface area contributed by atoms with Gasteiger partial charge in [0.1, 0.15) is 5.76 Å². The summed E-state index contributed by atoms with van der Waals surface area (Å²) in [6.07, 6.45) is -1.87. The lowest BCUT2D eigenvalue weighted by molar-refractivity contribution is -0.139. The summed E-state index contributed by atoms with van der Waals surface area (Å²) >= 11 is 0. The van der Waals surface area contributed by atoms with Gasteiger partial charge in [-0.3, -0.25) is 9.59 Å². The Morgan fingerprint density at radius 1 is 1.12 bits per heavy atom. The van der Waals surface area contributed by atoms with E-state index in [-0.39, 0.29) is 6.54 Å². The zero-order valence-electron chi connectivity index (χ0n) is 12.1. The molecule has 0 aliphatic rings. The highest BCUT2D eigenvalue weighted by molar-refractivity contribution is 6.35. The molecule has 0 fully saturated rings. The van der Waals surface area contributed by atoms with E-state index in [1.165, 1.54) is 18.4 Å². The number of nitrogens with one attached hydrogen (secondary N) is 2. The molecular weight excluding hydrogens is 327 g/mol. The quantitative estimate of drug-likeness (QED) is 0.508. The predicted octanol–water partition coefficient (Wildman–Crippen LogP) is 2.06. The highest BCUT2D eigenvalue weighted by Gasteiger charge is 2.29. The van der Waals surface area contributed by atoms with Crippen LogP contribution in [-0.4, -0.2) is 18.0 Å². The molecule has 9 heteroatoms. The average Bonchev–Trinajstić information content (AvgIpc) is 3.05. The first-order chi connectivity index (χ1) is 11.4. The fourth-order valence-corrected chi connectivity index (χ4v) is 1.64. The molecule has 0 bridgehead atoms. The molecule has 1 heterocycles. The van der Waals surface area contributed by atoms with Crippen molar-refractivity contribution in [2.24, 2.45) is 5.10 Å². The van der Waals surface area contributed by atoms with Crippen LogP contribution in [0.4, 0.5) is 13.2 Å². The molecule has 2 N–H and O–H groups in total. The number of amides is 2. The van der Waals surface area contributed by atoms with Crippen molar-refractivity contribution in [2.45, 2.75) is 12.7 Å². The zero-order valence-corrected chi connectivity index (χ0v) is 12.1. The molecule has 0 unspecified atom stereocenters. The lowest BCUT2D eigenvalue weighted by Crippen LogP contribution is -2.37. The first-order valence-electron chi connectivity index (χ1n) is 6.67. The second-order valence-electron chi connectivity index (χ2n) is 4.58. The maximum atomic E-state index is 12.4. The van der Waals surface area contributed by atoms with E-state index < -0.39 is 23.6 Å². The van der Waals surface area contributed by atoms with E-state index >= 15 is 0 Å². The summed E-state index contributed by atoms with van der Waals surface area (Å²) in [5.41, 5.74) is 1.51. The van der Waals surface area contributed by atoms with E-state index in [1.807, 2.05) is 5.43 Å². The van der Waals surface area contributed by atoms with Gasteiger partial charge in [0, 0.05) is 0 Å². The van der Waals surface area contributed by atoms with E-state index in [2.05, 4.69) is 10.4 Å². The van der Waals surface area contributed by atoms with Crippen molar-refractivity contribution >= 4 is 18.0 Å². The van der Waals surface area contributed by atoms with E-state index in [4.69, 9.17) is 4.42 Å². The van der Waals surface area contributed by atoms with Gasteiger partial charge in [0.05, 0.1) is 24.6 Å². The lowest BCUT2D eigenvalue weighted by atomic mass is 10.1. The standard InChI is InChI=1S/C15H12F3N3O3/c16-15(17,18)11-5-3-10(4-6-11)8-20-21-14(23)13(22)19-9-12-2-1-7-24-12/h1-8H,9H2,(H,19,22)(H,21,23)/b20-8-. The Labute approximate surface area is 134 Å². The Bertz CT molecular complexity index is 723. The summed E-state index contributed by atoms with van der Waals surface area (Å²) in [6.45, 7) is 0.0435. The Hall–Kier alpha value is -3.10. The molecule has 0 atom stereocenters. The number of rotatable bonds is 4. The molecule has 0 aliphatic heterocycles. The fraction of sp³-hybridized carbons (Fsp3) is 0.133. The van der Waals surface area contributed by atoms with E-state index in [9.17, 15) is 22.8 Å². The number of furan rings is 1. The maximum Gasteiger partial charge on any atom is 0.416 e. The molecule has 2 aromatic rings. The third kappa shape index (κ3) is 4.97. The minimum absolute atomic E-state index is 0.0435. The van der Waals surface area contributed by atoms with E-state index in [0.717, 1.165) is 18.3 Å². The molecule has 1 aromatic carbocycles. The molecular formula is C15H12F3N3O3. The molecule has 2 rings (SSSR count). The van der Waals surface area contributed by atoms with Crippen molar-refractivity contribution in [1.29, 1.82) is 0 Å². The van der Waals surface area contributed by atoms with Gasteiger partial charge in [-0.15, -0.1) is 0 Å². The number of carbonyl (C=O) groups excluding carboxylic acids is 2. The van der Waals surface area contributed by atoms with E-state index in [1.54, 1.807) is 12.1 Å². The van der Waals surface area contributed by atoms with Crippen molar-refractivity contribution < 1.29 is 27.2 Å². The van der Waals surface area contributed by atoms with Crippen LogP contribution < -0.4 is 10.7 Å². The van der Waals surface area contributed by atoms with Crippen LogP contribution in [0.25, 0.3) is 0 Å². The van der Waals surface area contributed by atoms with Crippen molar-refractivity contribution in [3.05, 3.63) is 59.5 Å². The summed E-state index contributed by atoms with van der Waals surface area (Å²) in [4.78, 5) is 22.9. The lowest BCUT2D eigenvalue weighted by Gasteiger charge is -2.05. The summed E-state index contributed by atoms with van der Waals surface area (Å²) in [5.74, 6) is -1.45. The van der Waals surface area contributed by atoms with Gasteiger partial charge in [0.25, 0.3) is 0 Å². The maximum absolute atomic E-state index is 12.4. The van der Waals surface area contributed by atoms with Crippen LogP contribution in [0.3, 0.4) is 0 Å². The monoisotopic (exact) mass is 339 g/mol. The van der Waals surface area contributed by atoms with Gasteiger partial charge in [-0.25, -0.2) is 5.43 Å². The third-order valence-corrected chi connectivity index (χ3v) is 2.83. The first-order valence-corrected chi connectivity index (χ1v) is 6.67. The highest BCUT2D eigenvalue weighted by Crippen LogP contribution is 2.28. The summed E-state index contributed by atoms with van der Waals surface area (Å²) in [6, 6.07) is 7.42. The van der Waals surface area contributed by atoms with Crippen LogP contribution in [0.15, 0.2) is 52.2 Å². The van der Waals surface area contributed by atoms with Crippen LogP contribution in [0.2, 0.25) is 0 Å². The molecule has 0 spiro atoms. The van der Waals surface area contributed by atoms with Gasteiger partial charge in [0.15, 0.2) is 0 Å². The van der Waals surface area contributed by atoms with Gasteiger partial charge in [0.2, 0.25) is 0 Å². The third-order valence-electron chi connectivity index (χ3n) is 2.83. The molecule has 0 saturated heterocycles. The van der Waals surface area contributed by atoms with Crippen molar-refractivity contribution in [3.8, 4) is 0 Å². The Balaban J connectivity index is 1.82. The molecule has 2 amide bonds. The fourth-order valence-electron chi connectivity index (χ4n) is 1.64. The number of hydrazone groups is 1. The highest BCUT2D eigenvalue weighted by atomic mass is 19.4. The number of nitrogens with zero attached hydrogens (tertiary/aromatic N) is 1. The topological polar surface area (TPSA) is 83.7 Å². The number of alkyl halides is 3. The molecule has 24 heavy (non-hydrogen) atoms. The average molecular weight is 339 g/mol. The van der Waals surface area contributed by atoms with Gasteiger partial charge in [-0.2, -0.15) is 18.3 Å². The van der Waals surface area contributed by atoms with Gasteiger partial charge in [-0.05, 0) is 29.8 Å². The second kappa shape index (κ2) is 7.44. The number of carbonyl (C=O) groups is 2. The number of hydrogen-bond acceptors (Lipinski definition) is 4. The van der Waals surface area contributed by atoms with Crippen molar-refractivity contribution in [3.63, 3.8) is 0 Å². The van der Waals surface area contributed by atoms with Gasteiger partial charge < -0.3 is 9.73 Å². The van der Waals surface area contributed by atoms with Gasteiger partial charge in [-0.1, -0.05) is 12.1 Å². The molecule has 0 radical (unpaired) electrons. The van der Waals surface area contributed by atoms with Crippen LogP contribution in [0.1, 0.15) is 16.9 Å². The molecule has 6 nitrogen and oxygen atoms in total. The Morgan fingerprint density at radius 2 is 1.83 bits per heavy atom. The number of hydrogen-bond donors (Lipinski definition) is 2. The smallest absolute Gasteiger partial charge is 0.416 e. The van der Waals surface area contributed by atoms with Crippen molar-refractivity contribution in [1.82, 2.24) is 10.7 Å². The molecule has 126 valence electrons. The predicted molar refractivity (Wildman–Crippen MR) is 77.7 cm³/mol. The summed E-state index contributed by atoms with van der Waals surface area (Å²) in [7, 11) is 0. The Morgan fingerprint density at radius 3 is 2.42 bits per heavy atom. The van der Waals surface area contributed by atoms with Crippen LogP contribution in [0.5, 0.6) is 0 Å². The summed E-state index contributed by atoms with van der Waals surface area (Å²) < 4.78 is 42.2. The SMILES string of the molecule is O=C(NCc1ccco1)C(=O)N/N=C\c1ccc(C(F)(F)F)cc1. The Kier molecular flexibility index (Phi) is 5.35. The number of benzene rings is 1. The first kappa shape index (κ1) is 17.3. The van der Waals surface area contributed by atoms with Crippen LogP contribution in [-0.2, 0) is 22.3 Å². The normalized spacial score (nSPS) is 11.5. The van der Waals surface area contributed by atoms with Crippen LogP contribution in [0, 0.1) is 0 Å². The zero-order chi connectivity index (χ0) is 17.6. The van der Waals surface area contributed by atoms with Crippen molar-refractivity contribution in [2.75, 3.05) is 0 Å². The second-order valence-corrected chi connectivity index (χ2v) is 4.58. The summed E-state index contributed by atoms with van der Waals surface area (Å²) in [5, 5.41) is 5.82. The minimum atomic E-state index is -4.42. The molecule has 1 aromatic heterocycles. The van der Waals surface area contributed by atoms with Gasteiger partial charge >= 0.3 is 18.0 Å². The van der Waals surface area contributed by atoms with Crippen LogP contribution >= 0.6 is 0 Å². The molecule has 0 aliphatic carbocycles.